The number of halogens is 2. The lowest BCUT2D eigenvalue weighted by Gasteiger charge is -2.35. The molecule has 11 nitrogen and oxygen atoms in total. The molecule has 3 aromatic rings. The fourth-order valence-corrected chi connectivity index (χ4v) is 5.09. The zero-order valence-corrected chi connectivity index (χ0v) is 21.9. The first-order valence-corrected chi connectivity index (χ1v) is 13.7. The van der Waals surface area contributed by atoms with E-state index in [4.69, 9.17) is 0 Å². The van der Waals surface area contributed by atoms with Crippen LogP contribution < -0.4 is 14.9 Å². The Morgan fingerprint density at radius 1 is 1.08 bits per heavy atom. The van der Waals surface area contributed by atoms with Crippen molar-refractivity contribution in [3.05, 3.63) is 36.3 Å². The van der Waals surface area contributed by atoms with E-state index in [9.17, 15) is 12.8 Å². The number of aromatic nitrogens is 4. The maximum Gasteiger partial charge on any atom is 0.232 e. The summed E-state index contributed by atoms with van der Waals surface area (Å²) in [5, 5.41) is 2.65. The SMILES string of the molecule is CCCS(=O)(=O)Nc1ccc(F)c(Nc2ncnc3cnc(N4CCN(CCN(C)C)CC4)nc23)c1F. The lowest BCUT2D eigenvalue weighted by Crippen LogP contribution is -2.48. The molecule has 200 valence electrons. The third-order valence-electron chi connectivity index (χ3n) is 5.96. The molecule has 1 aromatic carbocycles. The van der Waals surface area contributed by atoms with Crippen molar-refractivity contribution in [2.45, 2.75) is 13.3 Å². The van der Waals surface area contributed by atoms with Gasteiger partial charge < -0.3 is 15.1 Å². The van der Waals surface area contributed by atoms with Crippen LogP contribution in [-0.4, -0.2) is 97.3 Å². The average Bonchev–Trinajstić information content (AvgIpc) is 2.87. The lowest BCUT2D eigenvalue weighted by molar-refractivity contribution is 0.229. The van der Waals surface area contributed by atoms with Crippen LogP contribution >= 0.6 is 0 Å². The monoisotopic (exact) mass is 535 g/mol. The highest BCUT2D eigenvalue weighted by Gasteiger charge is 2.22. The van der Waals surface area contributed by atoms with Gasteiger partial charge in [-0.25, -0.2) is 37.1 Å². The lowest BCUT2D eigenvalue weighted by atomic mass is 10.2. The molecule has 3 heterocycles. The average molecular weight is 536 g/mol. The Kier molecular flexibility index (Phi) is 8.29. The minimum Gasteiger partial charge on any atom is -0.338 e. The van der Waals surface area contributed by atoms with Crippen molar-refractivity contribution in [1.82, 2.24) is 29.7 Å². The molecule has 1 fully saturated rings. The van der Waals surface area contributed by atoms with Crippen molar-refractivity contribution in [2.24, 2.45) is 0 Å². The van der Waals surface area contributed by atoms with E-state index < -0.39 is 27.3 Å². The van der Waals surface area contributed by atoms with Crippen LogP contribution in [-0.2, 0) is 10.0 Å². The minimum absolute atomic E-state index is 0.0737. The number of nitrogens with zero attached hydrogens (tertiary/aromatic N) is 7. The number of anilines is 4. The van der Waals surface area contributed by atoms with Crippen LogP contribution in [0.4, 0.5) is 31.9 Å². The fourth-order valence-electron chi connectivity index (χ4n) is 3.95. The number of benzene rings is 1. The highest BCUT2D eigenvalue weighted by atomic mass is 32.2. The molecule has 0 amide bonds. The van der Waals surface area contributed by atoms with Gasteiger partial charge in [0.05, 0.1) is 17.6 Å². The maximum absolute atomic E-state index is 15.2. The van der Waals surface area contributed by atoms with Crippen molar-refractivity contribution < 1.29 is 17.2 Å². The number of rotatable bonds is 10. The van der Waals surface area contributed by atoms with Crippen molar-refractivity contribution in [3.63, 3.8) is 0 Å². The Balaban J connectivity index is 1.58. The molecule has 0 saturated carbocycles. The summed E-state index contributed by atoms with van der Waals surface area (Å²) >= 11 is 0. The summed E-state index contributed by atoms with van der Waals surface area (Å²) in [7, 11) is 0.322. The third kappa shape index (κ3) is 6.56. The molecule has 14 heteroatoms. The van der Waals surface area contributed by atoms with Crippen LogP contribution in [0.5, 0.6) is 0 Å². The normalized spacial score (nSPS) is 14.9. The summed E-state index contributed by atoms with van der Waals surface area (Å²) in [4.78, 5) is 23.9. The molecule has 1 saturated heterocycles. The quantitative estimate of drug-likeness (QED) is 0.400. The molecule has 0 spiro atoms. The molecule has 0 bridgehead atoms. The molecular weight excluding hydrogens is 504 g/mol. The predicted molar refractivity (Wildman–Crippen MR) is 140 cm³/mol. The first-order chi connectivity index (χ1) is 17.7. The first-order valence-electron chi connectivity index (χ1n) is 12.0. The van der Waals surface area contributed by atoms with Gasteiger partial charge in [-0.1, -0.05) is 6.92 Å². The third-order valence-corrected chi connectivity index (χ3v) is 7.43. The Morgan fingerprint density at radius 3 is 2.54 bits per heavy atom. The van der Waals surface area contributed by atoms with Crippen LogP contribution in [0.3, 0.4) is 0 Å². The van der Waals surface area contributed by atoms with E-state index in [0.29, 0.717) is 23.4 Å². The molecule has 1 aliphatic heterocycles. The van der Waals surface area contributed by atoms with Crippen LogP contribution in [0.25, 0.3) is 11.0 Å². The number of hydrogen-bond donors (Lipinski definition) is 2. The van der Waals surface area contributed by atoms with Gasteiger partial charge >= 0.3 is 0 Å². The van der Waals surface area contributed by atoms with Crippen molar-refractivity contribution in [2.75, 3.05) is 74.1 Å². The molecule has 0 radical (unpaired) electrons. The zero-order valence-electron chi connectivity index (χ0n) is 21.1. The molecule has 37 heavy (non-hydrogen) atoms. The number of fused-ring (bicyclic) bond motifs is 1. The molecular formula is C23H31F2N9O2S. The Morgan fingerprint density at radius 2 is 1.84 bits per heavy atom. The van der Waals surface area contributed by atoms with Gasteiger partial charge in [-0.2, -0.15) is 0 Å². The van der Waals surface area contributed by atoms with E-state index in [0.717, 1.165) is 51.4 Å². The first kappa shape index (κ1) is 26.8. The Hall–Kier alpha value is -3.23. The summed E-state index contributed by atoms with van der Waals surface area (Å²) in [6, 6.07) is 2.02. The van der Waals surface area contributed by atoms with E-state index in [2.05, 4.69) is 39.8 Å². The number of sulfonamides is 1. The predicted octanol–water partition coefficient (Wildman–Crippen LogP) is 2.28. The molecule has 2 aromatic heterocycles. The molecule has 4 rings (SSSR count). The molecule has 0 aliphatic carbocycles. The second-order valence-electron chi connectivity index (χ2n) is 9.09. The Labute approximate surface area is 215 Å². The molecule has 0 atom stereocenters. The van der Waals surface area contributed by atoms with Gasteiger partial charge in [0.2, 0.25) is 16.0 Å². The van der Waals surface area contributed by atoms with E-state index in [1.807, 2.05) is 19.0 Å². The summed E-state index contributed by atoms with van der Waals surface area (Å²) in [6.45, 7) is 6.84. The highest BCUT2D eigenvalue weighted by Crippen LogP contribution is 2.31. The van der Waals surface area contributed by atoms with Gasteiger partial charge in [0.25, 0.3) is 0 Å². The van der Waals surface area contributed by atoms with E-state index in [-0.39, 0.29) is 17.3 Å². The van der Waals surface area contributed by atoms with E-state index in [1.165, 1.54) is 6.33 Å². The second kappa shape index (κ2) is 11.4. The second-order valence-corrected chi connectivity index (χ2v) is 10.9. The van der Waals surface area contributed by atoms with Crippen LogP contribution in [0.15, 0.2) is 24.7 Å². The minimum atomic E-state index is -3.77. The van der Waals surface area contributed by atoms with Crippen molar-refractivity contribution in [3.8, 4) is 0 Å². The van der Waals surface area contributed by atoms with Crippen LogP contribution in [0, 0.1) is 11.6 Å². The highest BCUT2D eigenvalue weighted by molar-refractivity contribution is 7.92. The summed E-state index contributed by atoms with van der Waals surface area (Å²) in [5.41, 5.74) is -0.227. The summed E-state index contributed by atoms with van der Waals surface area (Å²) in [5.74, 6) is -1.64. The summed E-state index contributed by atoms with van der Waals surface area (Å²) in [6.07, 6.45) is 3.13. The van der Waals surface area contributed by atoms with E-state index >= 15 is 4.39 Å². The van der Waals surface area contributed by atoms with Gasteiger partial charge in [-0.15, -0.1) is 0 Å². The zero-order chi connectivity index (χ0) is 26.6. The maximum atomic E-state index is 15.2. The summed E-state index contributed by atoms with van der Waals surface area (Å²) < 4.78 is 56.2. The fraction of sp³-hybridized carbons (Fsp3) is 0.478. The van der Waals surface area contributed by atoms with Crippen molar-refractivity contribution >= 4 is 44.2 Å². The smallest absolute Gasteiger partial charge is 0.232 e. The van der Waals surface area contributed by atoms with Crippen LogP contribution in [0.1, 0.15) is 13.3 Å². The number of likely N-dealkylation sites (N-methyl/N-ethyl adjacent to an activating group) is 1. The largest absolute Gasteiger partial charge is 0.338 e. The van der Waals surface area contributed by atoms with Crippen LogP contribution in [0.2, 0.25) is 0 Å². The number of nitrogens with one attached hydrogen (secondary N) is 2. The Bertz CT molecular complexity index is 1350. The van der Waals surface area contributed by atoms with Gasteiger partial charge in [-0.3, -0.25) is 9.62 Å². The number of hydrogen-bond acceptors (Lipinski definition) is 10. The van der Waals surface area contributed by atoms with Gasteiger partial charge in [0.15, 0.2) is 11.6 Å². The number of piperazine rings is 1. The van der Waals surface area contributed by atoms with Gasteiger partial charge in [0.1, 0.15) is 28.9 Å². The molecule has 0 unspecified atom stereocenters. The standard InChI is InChI=1S/C23H31F2N9O2S/c1-4-13-37(35,36)31-17-6-5-16(24)20(19(17)25)29-22-21-18(27-15-28-22)14-26-23(30-21)34-11-9-33(10-12-34)8-7-32(2)3/h5-6,14-15,31H,4,7-13H2,1-3H3,(H,27,28,29). The van der Waals surface area contributed by atoms with Gasteiger partial charge in [0, 0.05) is 39.3 Å². The van der Waals surface area contributed by atoms with Crippen molar-refractivity contribution in [1.29, 1.82) is 0 Å². The molecule has 2 N–H and O–H groups in total. The van der Waals surface area contributed by atoms with E-state index in [1.54, 1.807) is 13.1 Å². The topological polar surface area (TPSA) is 119 Å². The van der Waals surface area contributed by atoms with Gasteiger partial charge in [-0.05, 0) is 32.6 Å². The molecule has 1 aliphatic rings.